The predicted octanol–water partition coefficient (Wildman–Crippen LogP) is 3.57. The van der Waals surface area contributed by atoms with Gasteiger partial charge in [0.1, 0.15) is 5.75 Å². The Morgan fingerprint density at radius 3 is 2.42 bits per heavy atom. The number of hydrogen-bond donors (Lipinski definition) is 3. The summed E-state index contributed by atoms with van der Waals surface area (Å²) in [6.45, 7) is 1.74. The first-order valence-corrected chi connectivity index (χ1v) is 12.7. The third-order valence-corrected chi connectivity index (χ3v) is 5.65. The number of nitrogens with one attached hydrogen (secondary N) is 1. The van der Waals surface area contributed by atoms with Gasteiger partial charge in [-0.15, -0.1) is 0 Å². The van der Waals surface area contributed by atoms with Crippen LogP contribution in [0.25, 0.3) is 11.1 Å². The number of nitrogens with zero attached hydrogens (tertiary/aromatic N) is 1. The van der Waals surface area contributed by atoms with Gasteiger partial charge in [0.05, 0.1) is 6.26 Å². The standard InChI is InChI=1S/C24H25F2N3O6S/c1-3-21(24(30)31)35-23-20(26)11-19(25)22(29-23)34-18-9-15(13-28-36(2,32)33)8-17(10-18)16-6-4-5-14(7-16)12-27/h4-11,21,28H,3,12-13,27H2,1-2H3,(H,30,31). The number of carbonyl (C=O) groups is 1. The minimum Gasteiger partial charge on any atom is -0.479 e. The third-order valence-electron chi connectivity index (χ3n) is 4.98. The molecule has 0 saturated carbocycles. The molecule has 0 aliphatic rings. The van der Waals surface area contributed by atoms with Gasteiger partial charge in [0.25, 0.3) is 11.8 Å². The van der Waals surface area contributed by atoms with E-state index in [2.05, 4.69) is 9.71 Å². The maximum atomic E-state index is 14.5. The predicted molar refractivity (Wildman–Crippen MR) is 128 cm³/mol. The Morgan fingerprint density at radius 1 is 1.08 bits per heavy atom. The van der Waals surface area contributed by atoms with Crippen molar-refractivity contribution in [1.82, 2.24) is 9.71 Å². The van der Waals surface area contributed by atoms with Crippen LogP contribution in [0.1, 0.15) is 24.5 Å². The maximum absolute atomic E-state index is 14.5. The highest BCUT2D eigenvalue weighted by Gasteiger charge is 2.22. The summed E-state index contributed by atoms with van der Waals surface area (Å²) in [5, 5.41) is 9.16. The zero-order valence-electron chi connectivity index (χ0n) is 19.5. The summed E-state index contributed by atoms with van der Waals surface area (Å²) < 4.78 is 65.0. The quantitative estimate of drug-likeness (QED) is 0.348. The molecule has 3 rings (SSSR count). The summed E-state index contributed by atoms with van der Waals surface area (Å²) in [6.07, 6.45) is -0.360. The summed E-state index contributed by atoms with van der Waals surface area (Å²) in [4.78, 5) is 14.9. The molecule has 1 atom stereocenters. The lowest BCUT2D eigenvalue weighted by atomic mass is 10.0. The van der Waals surface area contributed by atoms with Crippen LogP contribution in [0.15, 0.2) is 48.5 Å². The molecule has 1 heterocycles. The van der Waals surface area contributed by atoms with Gasteiger partial charge in [-0.3, -0.25) is 0 Å². The number of nitrogens with two attached hydrogens (primary N) is 1. The van der Waals surface area contributed by atoms with Crippen LogP contribution in [0, 0.1) is 11.6 Å². The average molecular weight is 522 g/mol. The van der Waals surface area contributed by atoms with E-state index in [1.54, 1.807) is 18.2 Å². The minimum atomic E-state index is -3.51. The molecule has 0 aliphatic carbocycles. The fraction of sp³-hybridized carbons (Fsp3) is 0.250. The molecule has 1 aromatic heterocycles. The lowest BCUT2D eigenvalue weighted by Crippen LogP contribution is -2.26. The number of carboxylic acid groups (broad SMARTS) is 1. The van der Waals surface area contributed by atoms with E-state index in [0.29, 0.717) is 23.7 Å². The molecule has 12 heteroatoms. The molecule has 4 N–H and O–H groups in total. The van der Waals surface area contributed by atoms with Crippen LogP contribution < -0.4 is 19.9 Å². The van der Waals surface area contributed by atoms with E-state index in [-0.39, 0.29) is 18.7 Å². The fourth-order valence-electron chi connectivity index (χ4n) is 3.22. The Hall–Kier alpha value is -3.61. The third kappa shape index (κ3) is 7.20. The van der Waals surface area contributed by atoms with E-state index in [4.69, 9.17) is 20.3 Å². The van der Waals surface area contributed by atoms with Gasteiger partial charge < -0.3 is 20.3 Å². The van der Waals surface area contributed by atoms with Gasteiger partial charge in [0.15, 0.2) is 17.7 Å². The second-order valence-corrected chi connectivity index (χ2v) is 9.71. The topological polar surface area (TPSA) is 141 Å². The van der Waals surface area contributed by atoms with Crippen molar-refractivity contribution in [3.8, 4) is 28.6 Å². The van der Waals surface area contributed by atoms with E-state index in [0.717, 1.165) is 17.4 Å². The van der Waals surface area contributed by atoms with E-state index in [1.807, 2.05) is 18.2 Å². The number of benzene rings is 2. The molecule has 2 aromatic carbocycles. The van der Waals surface area contributed by atoms with Gasteiger partial charge in [-0.1, -0.05) is 25.1 Å². The Balaban J connectivity index is 2.02. The molecule has 0 saturated heterocycles. The zero-order chi connectivity index (χ0) is 26.5. The molecule has 0 amide bonds. The van der Waals surface area contributed by atoms with Crippen molar-refractivity contribution in [3.63, 3.8) is 0 Å². The molecule has 3 aromatic rings. The first kappa shape index (κ1) is 27.0. The molecule has 192 valence electrons. The Morgan fingerprint density at radius 2 is 1.78 bits per heavy atom. The molecular weight excluding hydrogens is 496 g/mol. The highest BCUT2D eigenvalue weighted by molar-refractivity contribution is 7.88. The van der Waals surface area contributed by atoms with Crippen molar-refractivity contribution in [3.05, 3.63) is 71.3 Å². The Bertz CT molecular complexity index is 1370. The van der Waals surface area contributed by atoms with Gasteiger partial charge >= 0.3 is 5.97 Å². The Labute approximate surface area is 206 Å². The molecular formula is C24H25F2N3O6S. The summed E-state index contributed by atoms with van der Waals surface area (Å²) in [5.41, 5.74) is 8.43. The van der Waals surface area contributed by atoms with Crippen molar-refractivity contribution in [2.45, 2.75) is 32.5 Å². The van der Waals surface area contributed by atoms with Crippen molar-refractivity contribution in [2.24, 2.45) is 5.73 Å². The highest BCUT2D eigenvalue weighted by atomic mass is 32.2. The summed E-state index contributed by atoms with van der Waals surface area (Å²) >= 11 is 0. The van der Waals surface area contributed by atoms with Gasteiger partial charge in [-0.05, 0) is 52.9 Å². The van der Waals surface area contributed by atoms with Gasteiger partial charge in [0, 0.05) is 19.2 Å². The number of aliphatic carboxylic acids is 1. The van der Waals surface area contributed by atoms with Crippen molar-refractivity contribution >= 4 is 16.0 Å². The minimum absolute atomic E-state index is 0.0185. The monoisotopic (exact) mass is 521 g/mol. The fourth-order valence-corrected chi connectivity index (χ4v) is 3.65. The molecule has 36 heavy (non-hydrogen) atoms. The van der Waals surface area contributed by atoms with Crippen molar-refractivity contribution in [2.75, 3.05) is 6.26 Å². The number of sulfonamides is 1. The van der Waals surface area contributed by atoms with Crippen molar-refractivity contribution in [1.29, 1.82) is 0 Å². The Kier molecular flexibility index (Phi) is 8.56. The molecule has 1 unspecified atom stereocenters. The normalized spacial score (nSPS) is 12.2. The second-order valence-electron chi connectivity index (χ2n) is 7.88. The smallest absolute Gasteiger partial charge is 0.344 e. The molecule has 0 bridgehead atoms. The number of rotatable bonds is 11. The van der Waals surface area contributed by atoms with Gasteiger partial charge in [-0.25, -0.2) is 26.7 Å². The maximum Gasteiger partial charge on any atom is 0.344 e. The number of pyridine rings is 1. The summed E-state index contributed by atoms with van der Waals surface area (Å²) in [6, 6.07) is 12.5. The van der Waals surface area contributed by atoms with Crippen LogP contribution in [0.2, 0.25) is 0 Å². The van der Waals surface area contributed by atoms with Gasteiger partial charge in [-0.2, -0.15) is 4.98 Å². The molecule has 0 aliphatic heterocycles. The van der Waals surface area contributed by atoms with Crippen LogP contribution >= 0.6 is 0 Å². The van der Waals surface area contributed by atoms with Crippen LogP contribution in [0.5, 0.6) is 17.5 Å². The highest BCUT2D eigenvalue weighted by Crippen LogP contribution is 2.32. The first-order chi connectivity index (χ1) is 17.0. The number of carboxylic acids is 1. The number of ether oxygens (including phenoxy) is 2. The largest absolute Gasteiger partial charge is 0.479 e. The van der Waals surface area contributed by atoms with Crippen LogP contribution in [0.4, 0.5) is 8.78 Å². The number of halogens is 2. The molecule has 0 radical (unpaired) electrons. The van der Waals surface area contributed by atoms with E-state index in [9.17, 15) is 22.0 Å². The zero-order valence-corrected chi connectivity index (χ0v) is 20.3. The van der Waals surface area contributed by atoms with Crippen molar-refractivity contribution < 1.29 is 36.6 Å². The lowest BCUT2D eigenvalue weighted by Gasteiger charge is -2.15. The number of aromatic nitrogens is 1. The lowest BCUT2D eigenvalue weighted by molar-refractivity contribution is -0.145. The molecule has 9 nitrogen and oxygen atoms in total. The summed E-state index contributed by atoms with van der Waals surface area (Å²) in [5.74, 6) is -4.97. The van der Waals surface area contributed by atoms with E-state index in [1.165, 1.54) is 13.0 Å². The summed E-state index contributed by atoms with van der Waals surface area (Å²) in [7, 11) is -3.51. The molecule has 0 fully saturated rings. The molecule has 0 spiro atoms. The SMILES string of the molecule is CCC(Oc1nc(Oc2cc(CNS(C)(=O)=O)cc(-c3cccc(CN)c3)c2)c(F)cc1F)C(=O)O. The van der Waals surface area contributed by atoms with Crippen LogP contribution in [-0.2, 0) is 27.9 Å². The van der Waals surface area contributed by atoms with E-state index >= 15 is 0 Å². The van der Waals surface area contributed by atoms with Crippen LogP contribution in [-0.4, -0.2) is 36.8 Å². The average Bonchev–Trinajstić information content (AvgIpc) is 2.83. The van der Waals surface area contributed by atoms with E-state index < -0.39 is 45.5 Å². The second kappa shape index (κ2) is 11.4. The first-order valence-electron chi connectivity index (χ1n) is 10.8. The van der Waals surface area contributed by atoms with Gasteiger partial charge in [0.2, 0.25) is 10.0 Å². The van der Waals surface area contributed by atoms with Crippen LogP contribution in [0.3, 0.4) is 0 Å². The number of hydrogen-bond acceptors (Lipinski definition) is 7.